The Balaban J connectivity index is 2.60. The SMILES string of the molecule is COCC(NN)C1(OC)CCCC1. The maximum absolute atomic E-state index is 5.58. The first-order valence-corrected chi connectivity index (χ1v) is 4.79. The van der Waals surface area contributed by atoms with E-state index in [4.69, 9.17) is 15.3 Å². The van der Waals surface area contributed by atoms with Gasteiger partial charge >= 0.3 is 0 Å². The van der Waals surface area contributed by atoms with Crippen molar-refractivity contribution in [2.24, 2.45) is 5.84 Å². The maximum atomic E-state index is 5.58. The molecule has 1 aliphatic carbocycles. The Morgan fingerprint density at radius 3 is 2.38 bits per heavy atom. The molecule has 0 radical (unpaired) electrons. The molecule has 0 aromatic rings. The molecule has 0 heterocycles. The van der Waals surface area contributed by atoms with Crippen LogP contribution < -0.4 is 11.3 Å². The minimum absolute atomic E-state index is 0.102. The number of rotatable bonds is 5. The van der Waals surface area contributed by atoms with E-state index in [-0.39, 0.29) is 11.6 Å². The van der Waals surface area contributed by atoms with Gasteiger partial charge in [-0.15, -0.1) is 0 Å². The van der Waals surface area contributed by atoms with Gasteiger partial charge in [-0.1, -0.05) is 12.8 Å². The molecule has 4 heteroatoms. The number of methoxy groups -OCH3 is 2. The van der Waals surface area contributed by atoms with Crippen molar-refractivity contribution < 1.29 is 9.47 Å². The van der Waals surface area contributed by atoms with Crippen molar-refractivity contribution in [3.63, 3.8) is 0 Å². The van der Waals surface area contributed by atoms with Crippen LogP contribution in [-0.4, -0.2) is 32.5 Å². The molecule has 3 N–H and O–H groups in total. The third-order valence-electron chi connectivity index (χ3n) is 3.03. The predicted molar refractivity (Wildman–Crippen MR) is 51.2 cm³/mol. The molecule has 1 atom stereocenters. The fraction of sp³-hybridized carbons (Fsp3) is 1.00. The molecule has 13 heavy (non-hydrogen) atoms. The summed E-state index contributed by atoms with van der Waals surface area (Å²) in [5.41, 5.74) is 2.68. The van der Waals surface area contributed by atoms with Crippen molar-refractivity contribution in [1.29, 1.82) is 0 Å². The van der Waals surface area contributed by atoms with E-state index in [9.17, 15) is 0 Å². The molecule has 0 saturated heterocycles. The van der Waals surface area contributed by atoms with Crippen LogP contribution in [0.3, 0.4) is 0 Å². The minimum Gasteiger partial charge on any atom is -0.383 e. The molecular formula is C9H20N2O2. The fourth-order valence-corrected chi connectivity index (χ4v) is 2.19. The number of hydrazine groups is 1. The van der Waals surface area contributed by atoms with Crippen LogP contribution in [0.5, 0.6) is 0 Å². The van der Waals surface area contributed by atoms with Gasteiger partial charge in [-0.2, -0.15) is 0 Å². The van der Waals surface area contributed by atoms with E-state index in [1.807, 2.05) is 0 Å². The molecule has 1 unspecified atom stereocenters. The Morgan fingerprint density at radius 2 is 2.00 bits per heavy atom. The average molecular weight is 188 g/mol. The van der Waals surface area contributed by atoms with E-state index in [1.54, 1.807) is 14.2 Å². The Labute approximate surface area is 79.7 Å². The maximum Gasteiger partial charge on any atom is 0.0866 e. The lowest BCUT2D eigenvalue weighted by molar-refractivity contribution is -0.0544. The highest BCUT2D eigenvalue weighted by Gasteiger charge is 2.41. The minimum atomic E-state index is -0.106. The van der Waals surface area contributed by atoms with Gasteiger partial charge in [0.05, 0.1) is 18.2 Å². The Bertz CT molecular complexity index is 147. The smallest absolute Gasteiger partial charge is 0.0866 e. The van der Waals surface area contributed by atoms with Gasteiger partial charge in [0, 0.05) is 14.2 Å². The average Bonchev–Trinajstić information content (AvgIpc) is 2.63. The predicted octanol–water partition coefficient (Wildman–Crippen LogP) is 0.424. The van der Waals surface area contributed by atoms with Crippen LogP contribution in [0.4, 0.5) is 0 Å². The highest BCUT2D eigenvalue weighted by Crippen LogP contribution is 2.35. The Kier molecular flexibility index (Phi) is 4.12. The highest BCUT2D eigenvalue weighted by atomic mass is 16.5. The second-order valence-electron chi connectivity index (χ2n) is 3.65. The summed E-state index contributed by atoms with van der Waals surface area (Å²) < 4.78 is 10.7. The normalized spacial score (nSPS) is 23.3. The van der Waals surface area contributed by atoms with Gasteiger partial charge in [0.2, 0.25) is 0 Å². The topological polar surface area (TPSA) is 56.5 Å². The molecule has 1 aliphatic rings. The summed E-state index contributed by atoms with van der Waals surface area (Å²) in [5, 5.41) is 0. The second-order valence-corrected chi connectivity index (χ2v) is 3.65. The zero-order valence-corrected chi connectivity index (χ0v) is 8.51. The first-order valence-electron chi connectivity index (χ1n) is 4.79. The number of nitrogens with one attached hydrogen (secondary N) is 1. The summed E-state index contributed by atoms with van der Waals surface area (Å²) in [6.07, 6.45) is 4.58. The van der Waals surface area contributed by atoms with E-state index in [1.165, 1.54) is 12.8 Å². The zero-order valence-electron chi connectivity index (χ0n) is 8.51. The summed E-state index contributed by atoms with van der Waals surface area (Å²) in [5.74, 6) is 5.49. The molecule has 0 amide bonds. The number of ether oxygens (including phenoxy) is 2. The van der Waals surface area contributed by atoms with Gasteiger partial charge in [0.25, 0.3) is 0 Å². The molecule has 0 aromatic heterocycles. The van der Waals surface area contributed by atoms with Crippen molar-refractivity contribution in [1.82, 2.24) is 5.43 Å². The largest absolute Gasteiger partial charge is 0.383 e. The second kappa shape index (κ2) is 4.91. The Hall–Kier alpha value is -0.160. The molecule has 1 fully saturated rings. The summed E-state index contributed by atoms with van der Waals surface area (Å²) in [6.45, 7) is 0.602. The number of hydrogen-bond acceptors (Lipinski definition) is 4. The molecule has 1 saturated carbocycles. The molecule has 4 nitrogen and oxygen atoms in total. The summed E-state index contributed by atoms with van der Waals surface area (Å²) in [7, 11) is 3.44. The van der Waals surface area contributed by atoms with E-state index in [2.05, 4.69) is 5.43 Å². The lowest BCUT2D eigenvalue weighted by Crippen LogP contribution is -2.55. The van der Waals surface area contributed by atoms with Crippen molar-refractivity contribution >= 4 is 0 Å². The molecule has 0 aromatic carbocycles. The third kappa shape index (κ3) is 2.20. The number of nitrogens with two attached hydrogens (primary N) is 1. The van der Waals surface area contributed by atoms with E-state index >= 15 is 0 Å². The summed E-state index contributed by atoms with van der Waals surface area (Å²) in [4.78, 5) is 0. The van der Waals surface area contributed by atoms with Crippen LogP contribution in [0.15, 0.2) is 0 Å². The van der Waals surface area contributed by atoms with Crippen molar-refractivity contribution in [3.8, 4) is 0 Å². The highest BCUT2D eigenvalue weighted by molar-refractivity contribution is 4.95. The van der Waals surface area contributed by atoms with Crippen LogP contribution in [-0.2, 0) is 9.47 Å². The lowest BCUT2D eigenvalue weighted by Gasteiger charge is -2.35. The number of hydrogen-bond donors (Lipinski definition) is 2. The molecule has 1 rings (SSSR count). The van der Waals surface area contributed by atoms with Gasteiger partial charge in [-0.05, 0) is 12.8 Å². The van der Waals surface area contributed by atoms with Crippen molar-refractivity contribution in [2.75, 3.05) is 20.8 Å². The quantitative estimate of drug-likeness (QED) is 0.485. The van der Waals surface area contributed by atoms with Gasteiger partial charge in [-0.25, -0.2) is 0 Å². The summed E-state index contributed by atoms with van der Waals surface area (Å²) >= 11 is 0. The molecule has 0 aliphatic heterocycles. The van der Waals surface area contributed by atoms with Crippen LogP contribution >= 0.6 is 0 Å². The monoisotopic (exact) mass is 188 g/mol. The van der Waals surface area contributed by atoms with Crippen LogP contribution in [0.1, 0.15) is 25.7 Å². The molecule has 0 spiro atoms. The van der Waals surface area contributed by atoms with Gasteiger partial charge in [-0.3, -0.25) is 11.3 Å². The van der Waals surface area contributed by atoms with Crippen LogP contribution in [0.25, 0.3) is 0 Å². The van der Waals surface area contributed by atoms with Crippen molar-refractivity contribution in [2.45, 2.75) is 37.3 Å². The van der Waals surface area contributed by atoms with Gasteiger partial charge < -0.3 is 9.47 Å². The first kappa shape index (κ1) is 10.9. The lowest BCUT2D eigenvalue weighted by atomic mass is 9.93. The zero-order chi connectivity index (χ0) is 9.73. The molecular weight excluding hydrogens is 168 g/mol. The van der Waals surface area contributed by atoms with Crippen LogP contribution in [0.2, 0.25) is 0 Å². The third-order valence-corrected chi connectivity index (χ3v) is 3.03. The van der Waals surface area contributed by atoms with Crippen LogP contribution in [0, 0.1) is 0 Å². The molecule has 78 valence electrons. The van der Waals surface area contributed by atoms with E-state index in [0.717, 1.165) is 12.8 Å². The first-order chi connectivity index (χ1) is 6.29. The molecule has 0 bridgehead atoms. The fourth-order valence-electron chi connectivity index (χ4n) is 2.19. The van der Waals surface area contributed by atoms with Gasteiger partial charge in [0.1, 0.15) is 0 Å². The van der Waals surface area contributed by atoms with E-state index in [0.29, 0.717) is 6.61 Å². The summed E-state index contributed by atoms with van der Waals surface area (Å²) in [6, 6.07) is 0.102. The van der Waals surface area contributed by atoms with Gasteiger partial charge in [0.15, 0.2) is 0 Å². The Morgan fingerprint density at radius 1 is 1.38 bits per heavy atom. The van der Waals surface area contributed by atoms with Crippen molar-refractivity contribution in [3.05, 3.63) is 0 Å². The standard InChI is InChI=1S/C9H20N2O2/c1-12-7-8(11-10)9(13-2)5-3-4-6-9/h8,11H,3-7,10H2,1-2H3. The van der Waals surface area contributed by atoms with E-state index < -0.39 is 0 Å².